The summed E-state index contributed by atoms with van der Waals surface area (Å²) in [5.74, 6) is -0.601. The highest BCUT2D eigenvalue weighted by molar-refractivity contribution is 7.92. The van der Waals surface area contributed by atoms with Crippen molar-refractivity contribution in [3.05, 3.63) is 93.5 Å². The zero-order valence-corrected chi connectivity index (χ0v) is 27.6. The van der Waals surface area contributed by atoms with Gasteiger partial charge in [0.15, 0.2) is 0 Å². The Labute approximate surface area is 270 Å². The lowest BCUT2D eigenvalue weighted by Crippen LogP contribution is -2.55. The number of methoxy groups -OCH3 is 1. The minimum Gasteiger partial charge on any atom is -0.495 e. The molecule has 1 atom stereocenters. The SMILES string of the molecule is COc1ccc(C)cc1N(CC(=O)N(Cc1c(Cl)cccc1Cl)[C@H](Cc1ccccc1)C(=O)NC1CCCCC1)S(C)(=O)=O. The molecule has 1 fully saturated rings. The predicted molar refractivity (Wildman–Crippen MR) is 176 cm³/mol. The maximum atomic E-state index is 14.4. The summed E-state index contributed by atoms with van der Waals surface area (Å²) < 4.78 is 32.8. The number of benzene rings is 3. The first-order valence-electron chi connectivity index (χ1n) is 14.7. The van der Waals surface area contributed by atoms with E-state index in [0.717, 1.165) is 53.8 Å². The summed E-state index contributed by atoms with van der Waals surface area (Å²) in [5.41, 5.74) is 2.33. The smallest absolute Gasteiger partial charge is 0.244 e. The molecule has 0 saturated heterocycles. The molecule has 4 rings (SSSR count). The van der Waals surface area contributed by atoms with E-state index in [1.807, 2.05) is 37.3 Å². The summed E-state index contributed by atoms with van der Waals surface area (Å²) in [5, 5.41) is 3.85. The van der Waals surface area contributed by atoms with E-state index in [1.165, 1.54) is 12.0 Å². The molecular formula is C33H39Cl2N3O5S. The number of halogens is 2. The highest BCUT2D eigenvalue weighted by Crippen LogP contribution is 2.32. The lowest BCUT2D eigenvalue weighted by molar-refractivity contribution is -0.140. The minimum absolute atomic E-state index is 0.000509. The van der Waals surface area contributed by atoms with Crippen LogP contribution >= 0.6 is 23.2 Å². The molecule has 0 bridgehead atoms. The van der Waals surface area contributed by atoms with Gasteiger partial charge in [0.2, 0.25) is 21.8 Å². The first-order chi connectivity index (χ1) is 21.0. The van der Waals surface area contributed by atoms with E-state index in [0.29, 0.717) is 21.4 Å². The van der Waals surface area contributed by atoms with Gasteiger partial charge in [0, 0.05) is 34.6 Å². The first-order valence-corrected chi connectivity index (χ1v) is 17.3. The average molecular weight is 661 g/mol. The Kier molecular flexibility index (Phi) is 11.6. The number of rotatable bonds is 12. The van der Waals surface area contributed by atoms with Crippen molar-refractivity contribution >= 4 is 50.7 Å². The number of hydrogen-bond donors (Lipinski definition) is 1. The molecule has 236 valence electrons. The van der Waals surface area contributed by atoms with Crippen molar-refractivity contribution in [1.29, 1.82) is 0 Å². The number of amides is 2. The molecule has 1 saturated carbocycles. The van der Waals surface area contributed by atoms with Crippen LogP contribution < -0.4 is 14.4 Å². The van der Waals surface area contributed by atoms with E-state index in [2.05, 4.69) is 5.32 Å². The van der Waals surface area contributed by atoms with E-state index in [1.54, 1.807) is 36.4 Å². The Morgan fingerprint density at radius 3 is 2.25 bits per heavy atom. The van der Waals surface area contributed by atoms with E-state index in [4.69, 9.17) is 27.9 Å². The van der Waals surface area contributed by atoms with Gasteiger partial charge in [0.25, 0.3) is 0 Å². The van der Waals surface area contributed by atoms with Crippen molar-refractivity contribution < 1.29 is 22.7 Å². The van der Waals surface area contributed by atoms with Crippen LogP contribution in [0.3, 0.4) is 0 Å². The maximum Gasteiger partial charge on any atom is 0.244 e. The lowest BCUT2D eigenvalue weighted by atomic mass is 9.94. The quantitative estimate of drug-likeness (QED) is 0.251. The Morgan fingerprint density at radius 1 is 0.977 bits per heavy atom. The Bertz CT molecular complexity index is 1540. The van der Waals surface area contributed by atoms with Gasteiger partial charge < -0.3 is 15.0 Å². The van der Waals surface area contributed by atoms with Crippen LogP contribution in [0.1, 0.15) is 48.8 Å². The number of nitrogens with zero attached hydrogens (tertiary/aromatic N) is 2. The predicted octanol–water partition coefficient (Wildman–Crippen LogP) is 6.17. The Balaban J connectivity index is 1.79. The van der Waals surface area contributed by atoms with Gasteiger partial charge in [-0.05, 0) is 55.2 Å². The molecule has 2 amide bonds. The molecule has 8 nitrogen and oxygen atoms in total. The van der Waals surface area contributed by atoms with Crippen molar-refractivity contribution in [3.63, 3.8) is 0 Å². The third-order valence-electron chi connectivity index (χ3n) is 7.90. The number of sulfonamides is 1. The van der Waals surface area contributed by atoms with Gasteiger partial charge in [-0.3, -0.25) is 13.9 Å². The first kappa shape index (κ1) is 33.6. The van der Waals surface area contributed by atoms with Gasteiger partial charge in [0.05, 0.1) is 19.1 Å². The fourth-order valence-corrected chi connectivity index (χ4v) is 6.90. The second-order valence-corrected chi connectivity index (χ2v) is 13.9. The average Bonchev–Trinajstić information content (AvgIpc) is 2.99. The van der Waals surface area contributed by atoms with Gasteiger partial charge in [-0.2, -0.15) is 0 Å². The lowest BCUT2D eigenvalue weighted by Gasteiger charge is -2.35. The third-order valence-corrected chi connectivity index (χ3v) is 9.73. The maximum absolute atomic E-state index is 14.4. The minimum atomic E-state index is -3.96. The molecule has 1 aliphatic rings. The molecule has 0 aromatic heterocycles. The van der Waals surface area contributed by atoms with E-state index in [-0.39, 0.29) is 30.6 Å². The standard InChI is InChI=1S/C33H39Cl2N3O5S/c1-23-17-18-31(43-2)29(19-23)38(44(3,41)42)22-32(39)37(21-26-27(34)15-10-16-28(26)35)30(20-24-11-6-4-7-12-24)33(40)36-25-13-8-5-9-14-25/h4,6-7,10-12,15-19,25,30H,5,8-9,13-14,20-22H2,1-3H3,(H,36,40)/t30-/m1/s1. The molecule has 1 N–H and O–H groups in total. The number of aryl methyl sites for hydroxylation is 1. The highest BCUT2D eigenvalue weighted by Gasteiger charge is 2.35. The number of carbonyl (C=O) groups excluding carboxylic acids is 2. The topological polar surface area (TPSA) is 96.0 Å². The van der Waals surface area contributed by atoms with Gasteiger partial charge in [-0.1, -0.05) is 84.9 Å². The van der Waals surface area contributed by atoms with Crippen LogP contribution in [0.4, 0.5) is 5.69 Å². The summed E-state index contributed by atoms with van der Waals surface area (Å²) in [6, 6.07) is 18.6. The number of hydrogen-bond acceptors (Lipinski definition) is 5. The van der Waals surface area contributed by atoms with Gasteiger partial charge >= 0.3 is 0 Å². The van der Waals surface area contributed by atoms with E-state index >= 15 is 0 Å². The fraction of sp³-hybridized carbons (Fsp3) is 0.394. The second kappa shape index (κ2) is 15.1. The summed E-state index contributed by atoms with van der Waals surface area (Å²) in [7, 11) is -2.52. The van der Waals surface area contributed by atoms with Crippen LogP contribution in [0.15, 0.2) is 66.7 Å². The van der Waals surface area contributed by atoms with E-state index in [9.17, 15) is 18.0 Å². The molecular weight excluding hydrogens is 621 g/mol. The number of carbonyl (C=O) groups is 2. The molecule has 1 aliphatic carbocycles. The largest absolute Gasteiger partial charge is 0.495 e. The van der Waals surface area contributed by atoms with Crippen molar-refractivity contribution in [2.24, 2.45) is 0 Å². The normalized spacial score (nSPS) is 14.5. The van der Waals surface area contributed by atoms with Crippen molar-refractivity contribution in [1.82, 2.24) is 10.2 Å². The van der Waals surface area contributed by atoms with Crippen LogP contribution in [-0.4, -0.2) is 57.1 Å². The molecule has 44 heavy (non-hydrogen) atoms. The van der Waals surface area contributed by atoms with Crippen LogP contribution in [0.2, 0.25) is 10.0 Å². The number of ether oxygens (including phenoxy) is 1. The zero-order valence-electron chi connectivity index (χ0n) is 25.3. The summed E-state index contributed by atoms with van der Waals surface area (Å²) in [4.78, 5) is 29.9. The van der Waals surface area contributed by atoms with Gasteiger partial charge in [0.1, 0.15) is 18.3 Å². The van der Waals surface area contributed by atoms with Crippen LogP contribution in [0.25, 0.3) is 0 Å². The van der Waals surface area contributed by atoms with Crippen molar-refractivity contribution in [2.75, 3.05) is 24.2 Å². The molecule has 0 radical (unpaired) electrons. The molecule has 0 unspecified atom stereocenters. The highest BCUT2D eigenvalue weighted by atomic mass is 35.5. The van der Waals surface area contributed by atoms with Crippen LogP contribution in [0, 0.1) is 6.92 Å². The monoisotopic (exact) mass is 659 g/mol. The van der Waals surface area contributed by atoms with Gasteiger partial charge in [-0.15, -0.1) is 0 Å². The van der Waals surface area contributed by atoms with Gasteiger partial charge in [-0.25, -0.2) is 8.42 Å². The summed E-state index contributed by atoms with van der Waals surface area (Å²) in [6.07, 6.45) is 6.14. The Morgan fingerprint density at radius 2 is 1.64 bits per heavy atom. The summed E-state index contributed by atoms with van der Waals surface area (Å²) >= 11 is 13.1. The molecule has 0 spiro atoms. The van der Waals surface area contributed by atoms with E-state index < -0.39 is 28.5 Å². The van der Waals surface area contributed by atoms with Crippen LogP contribution in [-0.2, 0) is 32.6 Å². The van der Waals surface area contributed by atoms with Crippen molar-refractivity contribution in [3.8, 4) is 5.75 Å². The summed E-state index contributed by atoms with van der Waals surface area (Å²) in [6.45, 7) is 1.15. The molecule has 3 aromatic rings. The number of nitrogens with one attached hydrogen (secondary N) is 1. The zero-order chi connectivity index (χ0) is 31.9. The number of anilines is 1. The van der Waals surface area contributed by atoms with Crippen LogP contribution in [0.5, 0.6) is 5.75 Å². The second-order valence-electron chi connectivity index (χ2n) is 11.2. The molecule has 0 aliphatic heterocycles. The fourth-order valence-electron chi connectivity index (χ4n) is 5.54. The Hall–Kier alpha value is -3.27. The molecule has 0 heterocycles. The third kappa shape index (κ3) is 8.67. The molecule has 11 heteroatoms. The molecule has 3 aromatic carbocycles. The van der Waals surface area contributed by atoms with Crippen molar-refractivity contribution in [2.45, 2.75) is 64.1 Å².